The van der Waals surface area contributed by atoms with Crippen molar-refractivity contribution in [2.24, 2.45) is 0 Å². The van der Waals surface area contributed by atoms with Crippen molar-refractivity contribution >= 4 is 8.07 Å². The Morgan fingerprint density at radius 1 is 1.33 bits per heavy atom. The molecule has 6 heavy (non-hydrogen) atoms. The van der Waals surface area contributed by atoms with Crippen LogP contribution in [0.4, 0.5) is 0 Å². The molecule has 0 unspecified atom stereocenters. The molecule has 0 spiro atoms. The minimum absolute atomic E-state index is 0. The van der Waals surface area contributed by atoms with Gasteiger partial charge >= 0.3 is 0 Å². The van der Waals surface area contributed by atoms with Crippen LogP contribution in [-0.4, -0.2) is 8.07 Å². The second kappa shape index (κ2) is 1.78. The molecular formula is C5H16Si. The Bertz CT molecular complexity index is 37.8. The fourth-order valence-corrected chi connectivity index (χ4v) is 0. The zero-order valence-corrected chi connectivity index (χ0v) is 6.21. The summed E-state index contributed by atoms with van der Waals surface area (Å²) in [7, 11) is -0.631. The first-order valence-electron chi connectivity index (χ1n) is 2.56. The van der Waals surface area contributed by atoms with Crippen LogP contribution in [0.25, 0.3) is 0 Å². The summed E-state index contributed by atoms with van der Waals surface area (Å²) in [4.78, 5) is 0. The van der Waals surface area contributed by atoms with Crippen molar-refractivity contribution in [3.63, 3.8) is 0 Å². The fourth-order valence-electron chi connectivity index (χ4n) is 0. The molecule has 0 atom stereocenters. The lowest BCUT2D eigenvalue weighted by Crippen LogP contribution is -2.16. The topological polar surface area (TPSA) is 0 Å². The first-order chi connectivity index (χ1) is 2.56. The number of hydrogen-bond donors (Lipinski definition) is 0. The molecule has 0 N–H and O–H groups in total. The minimum Gasteiger partial charge on any atom is -0.0696 e. The normalized spacial score (nSPS) is 12.0. The average Bonchev–Trinajstić information content (AvgIpc) is 1.35. The highest BCUT2D eigenvalue weighted by Gasteiger charge is 2.06. The Morgan fingerprint density at radius 2 is 1.50 bits per heavy atom. The Kier molecular flexibility index (Phi) is 1.85. The Balaban J connectivity index is 0. The van der Waals surface area contributed by atoms with Gasteiger partial charge in [-0.05, 0) is 0 Å². The van der Waals surface area contributed by atoms with E-state index >= 15 is 0 Å². The average molecular weight is 105 g/mol. The quantitative estimate of drug-likeness (QED) is 0.450. The molecule has 0 bridgehead atoms. The summed E-state index contributed by atoms with van der Waals surface area (Å²) in [5, 5.41) is 0. The van der Waals surface area contributed by atoms with E-state index in [1.165, 1.54) is 6.04 Å². The standard InChI is InChI=1S/C5H14Si.H2/c1-5-6(2,3)4;/h5H2,1-4H3;1H/i;1+1. The van der Waals surface area contributed by atoms with E-state index in [1.54, 1.807) is 0 Å². The van der Waals surface area contributed by atoms with Crippen LogP contribution in [0.3, 0.4) is 0 Å². The molecule has 0 saturated carbocycles. The third kappa shape index (κ3) is 4.22. The third-order valence-corrected chi connectivity index (χ3v) is 3.18. The van der Waals surface area contributed by atoms with E-state index < -0.39 is 8.07 Å². The van der Waals surface area contributed by atoms with E-state index in [2.05, 4.69) is 26.6 Å². The van der Waals surface area contributed by atoms with Gasteiger partial charge in [-0.2, -0.15) is 0 Å². The lowest BCUT2D eigenvalue weighted by Gasteiger charge is -2.09. The smallest absolute Gasteiger partial charge is 0.0439 e. The Morgan fingerprint density at radius 3 is 1.50 bits per heavy atom. The van der Waals surface area contributed by atoms with Crippen molar-refractivity contribution in [2.75, 3.05) is 0 Å². The van der Waals surface area contributed by atoms with Crippen molar-refractivity contribution in [3.8, 4) is 0 Å². The van der Waals surface area contributed by atoms with Crippen LogP contribution < -0.4 is 0 Å². The molecular weight excluding hydrogens is 88.1 g/mol. The van der Waals surface area contributed by atoms with Gasteiger partial charge in [0.05, 0.1) is 0 Å². The Hall–Kier alpha value is 0.217. The van der Waals surface area contributed by atoms with Gasteiger partial charge in [0, 0.05) is 9.50 Å². The van der Waals surface area contributed by atoms with Crippen LogP contribution >= 0.6 is 0 Å². The van der Waals surface area contributed by atoms with Crippen LogP contribution in [0.15, 0.2) is 0 Å². The van der Waals surface area contributed by atoms with Crippen molar-refractivity contribution in [1.82, 2.24) is 0 Å². The van der Waals surface area contributed by atoms with Crippen molar-refractivity contribution in [2.45, 2.75) is 32.6 Å². The van der Waals surface area contributed by atoms with Gasteiger partial charge in [0.2, 0.25) is 0 Å². The highest BCUT2D eigenvalue weighted by atomic mass is 28.3. The molecule has 1 heteroatoms. The van der Waals surface area contributed by atoms with Crippen LogP contribution in [0, 0.1) is 0 Å². The van der Waals surface area contributed by atoms with Gasteiger partial charge in [0.15, 0.2) is 0 Å². The lowest BCUT2D eigenvalue weighted by molar-refractivity contribution is 1.36. The van der Waals surface area contributed by atoms with Gasteiger partial charge in [0.25, 0.3) is 0 Å². The lowest BCUT2D eigenvalue weighted by atomic mass is 11.0. The van der Waals surface area contributed by atoms with E-state index in [4.69, 9.17) is 0 Å². The zero-order valence-electron chi connectivity index (χ0n) is 5.21. The molecule has 40 valence electrons. The predicted octanol–water partition coefficient (Wildman–Crippen LogP) is 2.59. The van der Waals surface area contributed by atoms with Gasteiger partial charge in [-0.25, -0.2) is 0 Å². The molecule has 0 amide bonds. The SMILES string of the molecule is CC[Si](C)(C)C.[2HH]. The van der Waals surface area contributed by atoms with Gasteiger partial charge in [-0.3, -0.25) is 0 Å². The molecule has 0 aromatic rings. The summed E-state index contributed by atoms with van der Waals surface area (Å²) in [6, 6.07) is 1.41. The van der Waals surface area contributed by atoms with Crippen LogP contribution in [-0.2, 0) is 0 Å². The van der Waals surface area contributed by atoms with E-state index in [9.17, 15) is 0 Å². The number of rotatable bonds is 1. The molecule has 0 aromatic heterocycles. The molecule has 0 radical (unpaired) electrons. The van der Waals surface area contributed by atoms with E-state index in [0.717, 1.165) is 0 Å². The second-order valence-corrected chi connectivity index (χ2v) is 8.74. The van der Waals surface area contributed by atoms with E-state index in [-0.39, 0.29) is 1.43 Å². The molecule has 0 rings (SSSR count). The van der Waals surface area contributed by atoms with Gasteiger partial charge in [-0.1, -0.05) is 32.6 Å². The van der Waals surface area contributed by atoms with E-state index in [0.29, 0.717) is 0 Å². The van der Waals surface area contributed by atoms with Gasteiger partial charge in [-0.15, -0.1) is 0 Å². The summed E-state index contributed by atoms with van der Waals surface area (Å²) in [6.07, 6.45) is 0. The maximum absolute atomic E-state index is 2.38. The predicted molar refractivity (Wildman–Crippen MR) is 35.9 cm³/mol. The molecule has 0 aliphatic heterocycles. The minimum atomic E-state index is -0.631. The number of hydrogen-bond acceptors (Lipinski definition) is 0. The van der Waals surface area contributed by atoms with Crippen LogP contribution in [0.2, 0.25) is 25.7 Å². The first kappa shape index (κ1) is 6.22. The molecule has 0 aliphatic rings. The Labute approximate surface area is 43.1 Å². The molecule has 0 aliphatic carbocycles. The summed E-state index contributed by atoms with van der Waals surface area (Å²) >= 11 is 0. The molecule has 0 saturated heterocycles. The van der Waals surface area contributed by atoms with E-state index in [1.807, 2.05) is 0 Å². The summed E-state index contributed by atoms with van der Waals surface area (Å²) in [5.41, 5.74) is 0. The van der Waals surface area contributed by atoms with Crippen molar-refractivity contribution < 1.29 is 1.43 Å². The molecule has 0 nitrogen and oxygen atoms in total. The first-order valence-corrected chi connectivity index (χ1v) is 6.27. The van der Waals surface area contributed by atoms with Crippen molar-refractivity contribution in [3.05, 3.63) is 0 Å². The van der Waals surface area contributed by atoms with Gasteiger partial charge in [0.1, 0.15) is 0 Å². The summed E-state index contributed by atoms with van der Waals surface area (Å²) < 4.78 is 0. The van der Waals surface area contributed by atoms with Crippen LogP contribution in [0.5, 0.6) is 0 Å². The molecule has 0 aromatic carbocycles. The maximum Gasteiger partial charge on any atom is 0.0439 e. The summed E-state index contributed by atoms with van der Waals surface area (Å²) in [5.74, 6) is 0. The van der Waals surface area contributed by atoms with Gasteiger partial charge < -0.3 is 0 Å². The largest absolute Gasteiger partial charge is 0.0696 e. The van der Waals surface area contributed by atoms with Crippen molar-refractivity contribution in [1.29, 1.82) is 0 Å². The third-order valence-electron chi connectivity index (χ3n) is 1.06. The summed E-state index contributed by atoms with van der Waals surface area (Å²) in [6.45, 7) is 9.42. The molecule has 0 heterocycles. The second-order valence-electron chi connectivity index (χ2n) is 2.91. The fraction of sp³-hybridized carbons (Fsp3) is 1.00. The van der Waals surface area contributed by atoms with Crippen LogP contribution in [0.1, 0.15) is 8.35 Å². The highest BCUT2D eigenvalue weighted by molar-refractivity contribution is 6.75. The zero-order chi connectivity index (χ0) is 5.21. The molecule has 0 fully saturated rings. The maximum atomic E-state index is 2.38. The highest BCUT2D eigenvalue weighted by Crippen LogP contribution is 2.04. The monoisotopic (exact) mass is 105 g/mol.